The van der Waals surface area contributed by atoms with Crippen molar-refractivity contribution >= 4 is 28.4 Å². The van der Waals surface area contributed by atoms with E-state index in [-0.39, 0.29) is 23.4 Å². The molecule has 4 aromatic rings. The molecule has 0 bridgehead atoms. The van der Waals surface area contributed by atoms with E-state index in [9.17, 15) is 9.59 Å². The fourth-order valence-corrected chi connectivity index (χ4v) is 4.69. The Balaban J connectivity index is 1.07. The van der Waals surface area contributed by atoms with Crippen molar-refractivity contribution in [3.05, 3.63) is 75.6 Å². The van der Waals surface area contributed by atoms with Gasteiger partial charge < -0.3 is 14.7 Å². The van der Waals surface area contributed by atoms with Gasteiger partial charge in [-0.05, 0) is 68.5 Å². The molecule has 8 nitrogen and oxygen atoms in total. The summed E-state index contributed by atoms with van der Waals surface area (Å²) in [5.41, 5.74) is 1.37. The first-order valence-electron chi connectivity index (χ1n) is 11.9. The van der Waals surface area contributed by atoms with Crippen LogP contribution < -0.4 is 10.9 Å². The number of carbonyl (C=O) groups excluding carboxylic acids is 1. The second kappa shape index (κ2) is 10.4. The smallest absolute Gasteiger partial charge is 0.258 e. The Morgan fingerprint density at radius 3 is 2.63 bits per heavy atom. The zero-order valence-corrected chi connectivity index (χ0v) is 19.9. The summed E-state index contributed by atoms with van der Waals surface area (Å²) in [4.78, 5) is 32.0. The van der Waals surface area contributed by atoms with Crippen LogP contribution in [0.4, 0.5) is 0 Å². The normalized spacial score (nSPS) is 18.0. The number of nitrogens with zero attached hydrogens (tertiary/aromatic N) is 3. The molecule has 0 saturated heterocycles. The maximum Gasteiger partial charge on any atom is 0.258 e. The minimum atomic E-state index is -0.145. The molecule has 0 aliphatic heterocycles. The number of nitrogens with one attached hydrogen (secondary N) is 2. The number of fused-ring (bicyclic) bond motifs is 1. The van der Waals surface area contributed by atoms with E-state index in [4.69, 9.17) is 16.0 Å². The van der Waals surface area contributed by atoms with E-state index in [1.807, 2.05) is 30.3 Å². The van der Waals surface area contributed by atoms with Crippen molar-refractivity contribution in [2.24, 2.45) is 0 Å². The second-order valence-corrected chi connectivity index (χ2v) is 9.39. The van der Waals surface area contributed by atoms with E-state index < -0.39 is 0 Å². The van der Waals surface area contributed by atoms with Crippen molar-refractivity contribution in [1.29, 1.82) is 0 Å². The number of hydrogen-bond acceptors (Lipinski definition) is 6. The molecule has 2 heterocycles. The van der Waals surface area contributed by atoms with Gasteiger partial charge in [-0.25, -0.2) is 4.98 Å². The van der Waals surface area contributed by atoms with Gasteiger partial charge in [0.2, 0.25) is 17.7 Å². The monoisotopic (exact) mass is 491 g/mol. The molecule has 1 amide bonds. The molecule has 0 atom stereocenters. The van der Waals surface area contributed by atoms with Crippen LogP contribution in [0.3, 0.4) is 0 Å². The number of amides is 1. The fourth-order valence-electron chi connectivity index (χ4n) is 4.56. The Morgan fingerprint density at radius 1 is 1.06 bits per heavy atom. The van der Waals surface area contributed by atoms with E-state index in [0.29, 0.717) is 52.8 Å². The fraction of sp³-hybridized carbons (Fsp3) is 0.346. The zero-order chi connectivity index (χ0) is 24.2. The average Bonchev–Trinajstić information content (AvgIpc) is 3.35. The van der Waals surface area contributed by atoms with Gasteiger partial charge >= 0.3 is 0 Å². The van der Waals surface area contributed by atoms with Crippen LogP contribution in [0.2, 0.25) is 5.02 Å². The Kier molecular flexibility index (Phi) is 6.90. The molecule has 1 aliphatic rings. The summed E-state index contributed by atoms with van der Waals surface area (Å²) >= 11 is 5.94. The first-order valence-corrected chi connectivity index (χ1v) is 12.3. The molecular formula is C26H26ClN5O3. The SMILES string of the molecule is O=C(CCCc1nc2ccccc2c(=O)[nH]1)NC1CCC(c2nnc(-c3ccc(Cl)cc3)o2)CC1. The van der Waals surface area contributed by atoms with Gasteiger partial charge in [-0.2, -0.15) is 0 Å². The summed E-state index contributed by atoms with van der Waals surface area (Å²) < 4.78 is 5.91. The number of aromatic nitrogens is 4. The third-order valence-corrected chi connectivity index (χ3v) is 6.70. The highest BCUT2D eigenvalue weighted by molar-refractivity contribution is 6.30. The number of H-pyrrole nitrogens is 1. The lowest BCUT2D eigenvalue weighted by molar-refractivity contribution is -0.122. The number of halogens is 1. The number of benzene rings is 2. The lowest BCUT2D eigenvalue weighted by atomic mass is 9.86. The Morgan fingerprint density at radius 2 is 1.83 bits per heavy atom. The molecule has 0 spiro atoms. The molecule has 0 unspecified atom stereocenters. The van der Waals surface area contributed by atoms with Crippen molar-refractivity contribution in [2.45, 2.75) is 56.9 Å². The summed E-state index contributed by atoms with van der Waals surface area (Å²) in [6.45, 7) is 0. The van der Waals surface area contributed by atoms with Gasteiger partial charge in [0.05, 0.1) is 10.9 Å². The largest absolute Gasteiger partial charge is 0.420 e. The molecule has 35 heavy (non-hydrogen) atoms. The number of aryl methyl sites for hydroxylation is 1. The summed E-state index contributed by atoms with van der Waals surface area (Å²) in [6.07, 6.45) is 5.07. The Bertz CT molecular complexity index is 1370. The van der Waals surface area contributed by atoms with E-state index in [0.717, 1.165) is 31.2 Å². The molecule has 1 fully saturated rings. The van der Waals surface area contributed by atoms with Crippen LogP contribution in [0.5, 0.6) is 0 Å². The predicted molar refractivity (Wildman–Crippen MR) is 133 cm³/mol. The third kappa shape index (κ3) is 5.59. The van der Waals surface area contributed by atoms with Gasteiger partial charge in [-0.3, -0.25) is 9.59 Å². The highest BCUT2D eigenvalue weighted by Crippen LogP contribution is 2.33. The summed E-state index contributed by atoms with van der Waals surface area (Å²) in [6, 6.07) is 14.7. The lowest BCUT2D eigenvalue weighted by Crippen LogP contribution is -2.37. The maximum atomic E-state index is 12.5. The average molecular weight is 492 g/mol. The molecule has 9 heteroatoms. The van der Waals surface area contributed by atoms with Crippen LogP contribution >= 0.6 is 11.6 Å². The van der Waals surface area contributed by atoms with Crippen LogP contribution in [0.15, 0.2) is 57.7 Å². The standard InChI is InChI=1S/C26H26ClN5O3/c27-18-12-8-16(9-13-18)25-31-32-26(35-25)17-10-14-19(15-11-17)28-23(33)7-3-6-22-29-21-5-2-1-4-20(21)24(34)30-22/h1-2,4-5,8-9,12-13,17,19H,3,6-7,10-11,14-15H2,(H,28,33)(H,29,30,34). The predicted octanol–water partition coefficient (Wildman–Crippen LogP) is 4.79. The van der Waals surface area contributed by atoms with Gasteiger partial charge in [0.25, 0.3) is 5.56 Å². The van der Waals surface area contributed by atoms with Crippen LogP contribution in [-0.2, 0) is 11.2 Å². The summed E-state index contributed by atoms with van der Waals surface area (Å²) in [5, 5.41) is 12.8. The van der Waals surface area contributed by atoms with Gasteiger partial charge in [0, 0.05) is 35.4 Å². The highest BCUT2D eigenvalue weighted by atomic mass is 35.5. The molecule has 0 radical (unpaired) electrons. The minimum Gasteiger partial charge on any atom is -0.420 e. The van der Waals surface area contributed by atoms with Gasteiger partial charge in [0.1, 0.15) is 5.82 Å². The van der Waals surface area contributed by atoms with E-state index in [2.05, 4.69) is 25.5 Å². The van der Waals surface area contributed by atoms with Gasteiger partial charge in [-0.15, -0.1) is 10.2 Å². The van der Waals surface area contributed by atoms with Crippen molar-refractivity contribution in [3.8, 4) is 11.5 Å². The van der Waals surface area contributed by atoms with Crippen LogP contribution in [0.1, 0.15) is 56.2 Å². The molecular weight excluding hydrogens is 466 g/mol. The molecule has 1 saturated carbocycles. The number of hydrogen-bond donors (Lipinski definition) is 2. The number of para-hydroxylation sites is 1. The summed E-state index contributed by atoms with van der Waals surface area (Å²) in [5.74, 6) is 1.98. The van der Waals surface area contributed by atoms with E-state index in [1.165, 1.54) is 0 Å². The molecule has 2 aromatic carbocycles. The quantitative estimate of drug-likeness (QED) is 0.384. The number of aromatic amines is 1. The van der Waals surface area contributed by atoms with Crippen LogP contribution in [0.25, 0.3) is 22.4 Å². The van der Waals surface area contributed by atoms with Gasteiger partial charge in [-0.1, -0.05) is 23.7 Å². The molecule has 2 aromatic heterocycles. The van der Waals surface area contributed by atoms with E-state index in [1.54, 1.807) is 18.2 Å². The van der Waals surface area contributed by atoms with Crippen molar-refractivity contribution < 1.29 is 9.21 Å². The first-order chi connectivity index (χ1) is 17.0. The first kappa shape index (κ1) is 23.2. The zero-order valence-electron chi connectivity index (χ0n) is 19.2. The van der Waals surface area contributed by atoms with Crippen molar-refractivity contribution in [2.75, 3.05) is 0 Å². The second-order valence-electron chi connectivity index (χ2n) is 8.95. The van der Waals surface area contributed by atoms with Gasteiger partial charge in [0.15, 0.2) is 0 Å². The summed E-state index contributed by atoms with van der Waals surface area (Å²) in [7, 11) is 0. The lowest BCUT2D eigenvalue weighted by Gasteiger charge is -2.27. The highest BCUT2D eigenvalue weighted by Gasteiger charge is 2.27. The molecule has 5 rings (SSSR count). The Hall–Kier alpha value is -3.52. The topological polar surface area (TPSA) is 114 Å². The van der Waals surface area contributed by atoms with Crippen LogP contribution in [-0.4, -0.2) is 32.1 Å². The number of carbonyl (C=O) groups is 1. The van der Waals surface area contributed by atoms with E-state index >= 15 is 0 Å². The number of rotatable bonds is 7. The molecule has 180 valence electrons. The molecule has 1 aliphatic carbocycles. The molecule has 2 N–H and O–H groups in total. The van der Waals surface area contributed by atoms with Crippen LogP contribution in [0, 0.1) is 0 Å². The maximum absolute atomic E-state index is 12.5. The van der Waals surface area contributed by atoms with Crippen molar-refractivity contribution in [3.63, 3.8) is 0 Å². The Labute approximate surface area is 207 Å². The van der Waals surface area contributed by atoms with Crippen molar-refractivity contribution in [1.82, 2.24) is 25.5 Å². The minimum absolute atomic E-state index is 0.0272. The third-order valence-electron chi connectivity index (χ3n) is 6.45.